The monoisotopic (exact) mass is 541 g/mol. The molecule has 1 fully saturated rings. The van der Waals surface area contributed by atoms with Crippen molar-refractivity contribution in [2.24, 2.45) is 11.3 Å². The Hall–Kier alpha value is -3.35. The molecule has 0 amide bonds. The van der Waals surface area contributed by atoms with Crippen molar-refractivity contribution in [1.82, 2.24) is 0 Å². The number of carboxylic acids is 1. The molecule has 1 aliphatic rings. The molecule has 3 aromatic rings. The zero-order valence-corrected chi connectivity index (χ0v) is 22.6. The average molecular weight is 542 g/mol. The third-order valence-electron chi connectivity index (χ3n) is 7.66. The van der Waals surface area contributed by atoms with E-state index in [0.29, 0.717) is 30.5 Å². The van der Waals surface area contributed by atoms with Crippen LogP contribution in [0.5, 0.6) is 0 Å². The lowest BCUT2D eigenvalue weighted by Crippen LogP contribution is -2.23. The van der Waals surface area contributed by atoms with Crippen molar-refractivity contribution >= 4 is 11.7 Å². The minimum atomic E-state index is -4.44. The zero-order valence-electron chi connectivity index (χ0n) is 22.6. The molecule has 7 heteroatoms. The summed E-state index contributed by atoms with van der Waals surface area (Å²) in [5.74, 6) is -1.74. The minimum absolute atomic E-state index is 0.0932. The van der Waals surface area contributed by atoms with E-state index in [0.717, 1.165) is 60.3 Å². The second-order valence-corrected chi connectivity index (χ2v) is 11.3. The van der Waals surface area contributed by atoms with Gasteiger partial charge < -0.3 is 10.0 Å². The van der Waals surface area contributed by atoms with Crippen LogP contribution >= 0.6 is 0 Å². The van der Waals surface area contributed by atoms with Gasteiger partial charge in [-0.25, -0.2) is 4.39 Å². The Balaban J connectivity index is 1.77. The Morgan fingerprint density at radius 1 is 1.08 bits per heavy atom. The number of anilines is 1. The van der Waals surface area contributed by atoms with Crippen molar-refractivity contribution in [2.75, 3.05) is 18.0 Å². The predicted molar refractivity (Wildman–Crippen MR) is 146 cm³/mol. The topological polar surface area (TPSA) is 40.5 Å². The van der Waals surface area contributed by atoms with E-state index in [4.69, 9.17) is 0 Å². The number of rotatable bonds is 9. The van der Waals surface area contributed by atoms with Gasteiger partial charge >= 0.3 is 12.1 Å². The van der Waals surface area contributed by atoms with E-state index in [-0.39, 0.29) is 11.2 Å². The highest BCUT2D eigenvalue weighted by molar-refractivity contribution is 5.73. The molecule has 1 N–H and O–H groups in total. The highest BCUT2D eigenvalue weighted by atomic mass is 19.4. The van der Waals surface area contributed by atoms with Crippen LogP contribution in [0.4, 0.5) is 23.2 Å². The van der Waals surface area contributed by atoms with Gasteiger partial charge in [0.05, 0.1) is 17.2 Å². The molecular formula is C32H35F4NO2. The third kappa shape index (κ3) is 6.81. The second kappa shape index (κ2) is 11.4. The molecule has 3 nitrogen and oxygen atoms in total. The Bertz CT molecular complexity index is 1310. The van der Waals surface area contributed by atoms with Gasteiger partial charge in [-0.05, 0) is 83.2 Å². The first-order valence-corrected chi connectivity index (χ1v) is 13.4. The molecule has 0 spiro atoms. The fourth-order valence-electron chi connectivity index (χ4n) is 5.50. The molecule has 1 aliphatic heterocycles. The van der Waals surface area contributed by atoms with Crippen LogP contribution in [0, 0.1) is 17.2 Å². The predicted octanol–water partition coefficient (Wildman–Crippen LogP) is 8.38. The lowest BCUT2D eigenvalue weighted by molar-refractivity contribution is -0.142. The number of benzene rings is 3. The van der Waals surface area contributed by atoms with Crippen LogP contribution in [-0.4, -0.2) is 24.2 Å². The zero-order chi connectivity index (χ0) is 28.4. The molecule has 1 saturated heterocycles. The highest BCUT2D eigenvalue weighted by Crippen LogP contribution is 2.37. The Morgan fingerprint density at radius 2 is 1.79 bits per heavy atom. The Morgan fingerprint density at radius 3 is 2.38 bits per heavy atom. The first-order valence-electron chi connectivity index (χ1n) is 13.4. The van der Waals surface area contributed by atoms with Gasteiger partial charge in [-0.1, -0.05) is 63.6 Å². The van der Waals surface area contributed by atoms with Gasteiger partial charge in [-0.2, -0.15) is 13.2 Å². The number of carbonyl (C=O) groups is 1. The fourth-order valence-corrected chi connectivity index (χ4v) is 5.50. The van der Waals surface area contributed by atoms with E-state index in [1.165, 1.54) is 18.2 Å². The van der Waals surface area contributed by atoms with Gasteiger partial charge in [0.15, 0.2) is 0 Å². The molecule has 0 saturated carbocycles. The van der Waals surface area contributed by atoms with E-state index < -0.39 is 23.6 Å². The Labute approximate surface area is 227 Å². The molecule has 1 atom stereocenters. The second-order valence-electron chi connectivity index (χ2n) is 11.3. The van der Waals surface area contributed by atoms with E-state index in [2.05, 4.69) is 18.7 Å². The first kappa shape index (κ1) is 28.7. The van der Waals surface area contributed by atoms with Crippen LogP contribution in [0.15, 0.2) is 60.7 Å². The maximum absolute atomic E-state index is 14.9. The summed E-state index contributed by atoms with van der Waals surface area (Å²) in [6.07, 6.45) is -1.53. The maximum Gasteiger partial charge on any atom is 0.416 e. The summed E-state index contributed by atoms with van der Waals surface area (Å²) >= 11 is 0. The van der Waals surface area contributed by atoms with E-state index >= 15 is 0 Å². The van der Waals surface area contributed by atoms with Crippen LogP contribution in [-0.2, 0) is 23.8 Å². The highest BCUT2D eigenvalue weighted by Gasteiger charge is 2.31. The summed E-state index contributed by atoms with van der Waals surface area (Å²) in [5, 5.41) is 9.82. The number of carboxylic acid groups (broad SMARTS) is 1. The lowest BCUT2D eigenvalue weighted by atomic mass is 9.85. The SMILES string of the molecule is CCCC(Cc1cccc(-c2ccc(C(F)(F)F)cc2)c1Cc1ccc(F)c(N2CCC(C)(C)C2)c1)C(=O)O. The lowest BCUT2D eigenvalue weighted by Gasteiger charge is -2.23. The molecule has 1 unspecified atom stereocenters. The molecule has 39 heavy (non-hydrogen) atoms. The molecule has 1 heterocycles. The molecule has 208 valence electrons. The fraction of sp³-hybridized carbons (Fsp3) is 0.406. The van der Waals surface area contributed by atoms with Gasteiger partial charge in [0.1, 0.15) is 5.82 Å². The molecule has 0 aromatic heterocycles. The summed E-state index contributed by atoms with van der Waals surface area (Å²) < 4.78 is 54.5. The molecule has 4 rings (SSSR count). The maximum atomic E-state index is 14.9. The van der Waals surface area contributed by atoms with Crippen LogP contribution in [0.1, 0.15) is 62.3 Å². The van der Waals surface area contributed by atoms with Gasteiger partial charge in [0.2, 0.25) is 0 Å². The minimum Gasteiger partial charge on any atom is -0.481 e. The number of nitrogens with zero attached hydrogens (tertiary/aromatic N) is 1. The van der Waals surface area contributed by atoms with Crippen LogP contribution in [0.2, 0.25) is 0 Å². The van der Waals surface area contributed by atoms with Gasteiger partial charge in [0, 0.05) is 13.1 Å². The summed E-state index contributed by atoms with van der Waals surface area (Å²) in [6.45, 7) is 7.78. The van der Waals surface area contributed by atoms with Crippen molar-refractivity contribution in [2.45, 2.75) is 59.1 Å². The Kier molecular flexibility index (Phi) is 8.38. The van der Waals surface area contributed by atoms with Crippen molar-refractivity contribution < 1.29 is 27.5 Å². The number of hydrogen-bond acceptors (Lipinski definition) is 2. The van der Waals surface area contributed by atoms with Crippen molar-refractivity contribution in [3.05, 3.63) is 88.7 Å². The van der Waals surface area contributed by atoms with Crippen LogP contribution < -0.4 is 4.90 Å². The smallest absolute Gasteiger partial charge is 0.416 e. The number of hydrogen-bond donors (Lipinski definition) is 1. The average Bonchev–Trinajstić information content (AvgIpc) is 3.24. The standard InChI is InChI=1S/C32H35F4NO2/c1-4-6-24(30(38)39)19-23-7-5-8-26(22-10-12-25(13-11-22)32(34,35)36)27(23)17-21-9-14-28(33)29(18-21)37-16-15-31(2,3)20-37/h5,7-14,18,24H,4,6,15-17,19-20H2,1-3H3,(H,38,39). The van der Waals surface area contributed by atoms with Gasteiger partial charge in [-0.3, -0.25) is 4.79 Å². The largest absolute Gasteiger partial charge is 0.481 e. The summed E-state index contributed by atoms with van der Waals surface area (Å²) in [6, 6.07) is 15.6. The quantitative estimate of drug-likeness (QED) is 0.277. The first-order chi connectivity index (χ1) is 18.4. The van der Waals surface area contributed by atoms with E-state index in [9.17, 15) is 27.5 Å². The van der Waals surface area contributed by atoms with E-state index in [1.54, 1.807) is 6.07 Å². The number of halogens is 4. The van der Waals surface area contributed by atoms with E-state index in [1.807, 2.05) is 31.2 Å². The summed E-state index contributed by atoms with van der Waals surface area (Å²) in [7, 11) is 0. The third-order valence-corrected chi connectivity index (χ3v) is 7.66. The molecule has 3 aromatic carbocycles. The molecular weight excluding hydrogens is 506 g/mol. The molecule has 0 aliphatic carbocycles. The normalized spacial score (nSPS) is 15.9. The van der Waals surface area contributed by atoms with Crippen LogP contribution in [0.3, 0.4) is 0 Å². The van der Waals surface area contributed by atoms with Gasteiger partial charge in [0.25, 0.3) is 0 Å². The summed E-state index contributed by atoms with van der Waals surface area (Å²) in [5.41, 5.74) is 3.81. The van der Waals surface area contributed by atoms with Gasteiger partial charge in [-0.15, -0.1) is 0 Å². The molecule has 0 radical (unpaired) electrons. The van der Waals surface area contributed by atoms with Crippen molar-refractivity contribution in [3.63, 3.8) is 0 Å². The van der Waals surface area contributed by atoms with Crippen molar-refractivity contribution in [1.29, 1.82) is 0 Å². The molecule has 0 bridgehead atoms. The number of aliphatic carboxylic acids is 1. The summed E-state index contributed by atoms with van der Waals surface area (Å²) in [4.78, 5) is 14.0. The van der Waals surface area contributed by atoms with Crippen LogP contribution in [0.25, 0.3) is 11.1 Å². The number of alkyl halides is 3. The van der Waals surface area contributed by atoms with Crippen molar-refractivity contribution in [3.8, 4) is 11.1 Å².